The smallest absolute Gasteiger partial charge is 0.356 e. The number of hydrogen-bond acceptors (Lipinski definition) is 1. The summed E-state index contributed by atoms with van der Waals surface area (Å²) >= 11 is 0. The molecule has 2 N–H and O–H groups in total. The molecule has 0 atom stereocenters. The summed E-state index contributed by atoms with van der Waals surface area (Å²) in [4.78, 5) is 0. The van der Waals surface area contributed by atoms with Gasteiger partial charge in [0.05, 0.1) is 13.1 Å². The van der Waals surface area contributed by atoms with Gasteiger partial charge in [-0.25, -0.2) is 9.13 Å². The summed E-state index contributed by atoms with van der Waals surface area (Å²) < 4.78 is 4.53. The van der Waals surface area contributed by atoms with Crippen molar-refractivity contribution in [3.05, 3.63) is 60.2 Å². The average molecular weight is 416 g/mol. The van der Waals surface area contributed by atoms with Gasteiger partial charge in [-0.2, -0.15) is 0 Å². The van der Waals surface area contributed by atoms with E-state index in [2.05, 4.69) is 70.7 Å². The van der Waals surface area contributed by atoms with Crippen molar-refractivity contribution in [2.75, 3.05) is 5.73 Å². The number of rotatable bonds is 9. The Bertz CT molecular complexity index is 796. The molecule has 0 aliphatic carbocycles. The minimum absolute atomic E-state index is 0. The number of aromatic nitrogens is 2. The van der Waals surface area contributed by atoms with Crippen molar-refractivity contribution >= 4 is 17.0 Å². The Morgan fingerprint density at radius 1 is 0.846 bits per heavy atom. The Morgan fingerprint density at radius 2 is 1.50 bits per heavy atom. The lowest BCUT2D eigenvalue weighted by Gasteiger charge is -2.03. The number of para-hydroxylation sites is 2. The van der Waals surface area contributed by atoms with E-state index in [4.69, 9.17) is 5.73 Å². The van der Waals surface area contributed by atoms with Crippen LogP contribution in [0.15, 0.2) is 54.6 Å². The molecule has 2 aromatic carbocycles. The van der Waals surface area contributed by atoms with Crippen molar-refractivity contribution in [2.45, 2.75) is 58.5 Å². The van der Waals surface area contributed by atoms with Crippen LogP contribution in [0.3, 0.4) is 0 Å². The predicted molar refractivity (Wildman–Crippen MR) is 105 cm³/mol. The third-order valence-corrected chi connectivity index (χ3v) is 4.94. The number of anilines is 1. The number of imidazole rings is 1. The Balaban J connectivity index is 0.00000243. The SMILES string of the molecule is CCCCCCCCn1c(N)[n+](Cc2ccccc2)c2ccccc21.[Br-]. The molecule has 0 unspecified atom stereocenters. The zero-order chi connectivity index (χ0) is 17.5. The molecule has 0 fully saturated rings. The van der Waals surface area contributed by atoms with E-state index >= 15 is 0 Å². The van der Waals surface area contributed by atoms with Crippen molar-refractivity contribution < 1.29 is 21.5 Å². The molecule has 0 bridgehead atoms. The van der Waals surface area contributed by atoms with Crippen LogP contribution in [0.25, 0.3) is 11.0 Å². The quantitative estimate of drug-likeness (QED) is 0.420. The molecule has 1 aromatic heterocycles. The molecule has 0 aliphatic rings. The summed E-state index contributed by atoms with van der Waals surface area (Å²) in [5.41, 5.74) is 10.3. The zero-order valence-corrected chi connectivity index (χ0v) is 17.3. The number of halogens is 1. The summed E-state index contributed by atoms with van der Waals surface area (Å²) in [5.74, 6) is 0.860. The minimum Gasteiger partial charge on any atom is -1.00 e. The van der Waals surface area contributed by atoms with E-state index in [1.165, 1.54) is 55.1 Å². The fourth-order valence-corrected chi connectivity index (χ4v) is 3.53. The highest BCUT2D eigenvalue weighted by atomic mass is 79.9. The standard InChI is InChI=1S/C22H29N3.BrH/c1-2-3-4-5-6-12-17-24-20-15-10-11-16-21(20)25(22(24)23)18-19-13-8-7-9-14-19;/h7-11,13-16,23H,2-6,12,17-18H2,1H3;1H. The number of hydrogen-bond donors (Lipinski definition) is 1. The first-order valence-corrected chi connectivity index (χ1v) is 9.61. The number of benzene rings is 2. The fourth-order valence-electron chi connectivity index (χ4n) is 3.53. The van der Waals surface area contributed by atoms with Gasteiger partial charge < -0.3 is 17.0 Å². The maximum Gasteiger partial charge on any atom is 0.356 e. The van der Waals surface area contributed by atoms with Gasteiger partial charge in [0.1, 0.15) is 11.0 Å². The van der Waals surface area contributed by atoms with Crippen LogP contribution in [0.4, 0.5) is 5.95 Å². The molecule has 0 saturated carbocycles. The van der Waals surface area contributed by atoms with E-state index in [1.807, 2.05) is 0 Å². The highest BCUT2D eigenvalue weighted by molar-refractivity contribution is 5.73. The third kappa shape index (κ3) is 4.88. The van der Waals surface area contributed by atoms with Gasteiger partial charge in [0.15, 0.2) is 0 Å². The second-order valence-corrected chi connectivity index (χ2v) is 6.84. The summed E-state index contributed by atoms with van der Waals surface area (Å²) in [6, 6.07) is 19.1. The number of nitrogens with zero attached hydrogens (tertiary/aromatic N) is 2. The van der Waals surface area contributed by atoms with Gasteiger partial charge >= 0.3 is 5.95 Å². The van der Waals surface area contributed by atoms with E-state index in [-0.39, 0.29) is 17.0 Å². The first kappa shape index (κ1) is 20.5. The Hall–Kier alpha value is -1.81. The molecule has 0 saturated heterocycles. The highest BCUT2D eigenvalue weighted by Crippen LogP contribution is 2.18. The summed E-state index contributed by atoms with van der Waals surface area (Å²) in [6.45, 7) is 4.08. The molecule has 140 valence electrons. The fraction of sp³-hybridized carbons (Fsp3) is 0.409. The largest absolute Gasteiger partial charge is 1.00 e. The summed E-state index contributed by atoms with van der Waals surface area (Å²) in [7, 11) is 0. The Morgan fingerprint density at radius 3 is 2.27 bits per heavy atom. The second kappa shape index (κ2) is 10.4. The van der Waals surface area contributed by atoms with Crippen LogP contribution in [-0.4, -0.2) is 4.57 Å². The van der Waals surface area contributed by atoms with E-state index in [0.29, 0.717) is 0 Å². The van der Waals surface area contributed by atoms with Gasteiger partial charge in [0.2, 0.25) is 0 Å². The van der Waals surface area contributed by atoms with E-state index < -0.39 is 0 Å². The molecule has 0 amide bonds. The van der Waals surface area contributed by atoms with E-state index in [0.717, 1.165) is 19.0 Å². The summed E-state index contributed by atoms with van der Waals surface area (Å²) in [5, 5.41) is 0. The van der Waals surface area contributed by atoms with Crippen LogP contribution in [0.5, 0.6) is 0 Å². The molecule has 1 heterocycles. The van der Waals surface area contributed by atoms with Crippen LogP contribution in [0.2, 0.25) is 0 Å². The molecule has 0 aliphatic heterocycles. The minimum atomic E-state index is 0. The van der Waals surface area contributed by atoms with Crippen molar-refractivity contribution in [3.63, 3.8) is 0 Å². The highest BCUT2D eigenvalue weighted by Gasteiger charge is 2.20. The Labute approximate surface area is 167 Å². The van der Waals surface area contributed by atoms with Gasteiger partial charge in [-0.05, 0) is 24.1 Å². The van der Waals surface area contributed by atoms with Gasteiger partial charge in [0.25, 0.3) is 0 Å². The van der Waals surface area contributed by atoms with Crippen LogP contribution in [0.1, 0.15) is 51.0 Å². The van der Waals surface area contributed by atoms with Gasteiger partial charge in [0, 0.05) is 0 Å². The molecular weight excluding hydrogens is 386 g/mol. The Kier molecular flexibility index (Phi) is 8.17. The van der Waals surface area contributed by atoms with Crippen molar-refractivity contribution in [3.8, 4) is 0 Å². The maximum absolute atomic E-state index is 6.55. The molecule has 3 nitrogen and oxygen atoms in total. The van der Waals surface area contributed by atoms with Crippen LogP contribution >= 0.6 is 0 Å². The molecule has 26 heavy (non-hydrogen) atoms. The maximum atomic E-state index is 6.55. The van der Waals surface area contributed by atoms with Gasteiger partial charge in [-0.15, -0.1) is 0 Å². The molecular formula is C22H30BrN3. The van der Waals surface area contributed by atoms with Crippen LogP contribution in [-0.2, 0) is 13.1 Å². The van der Waals surface area contributed by atoms with Crippen LogP contribution in [0, 0.1) is 0 Å². The average Bonchev–Trinajstić information content (AvgIpc) is 2.91. The molecule has 3 aromatic rings. The molecule has 3 rings (SSSR count). The van der Waals surface area contributed by atoms with Crippen molar-refractivity contribution in [2.24, 2.45) is 0 Å². The normalized spacial score (nSPS) is 10.8. The molecule has 4 heteroatoms. The number of nitrogen functional groups attached to an aromatic ring is 1. The lowest BCUT2D eigenvalue weighted by atomic mass is 10.1. The lowest BCUT2D eigenvalue weighted by molar-refractivity contribution is -0.648. The van der Waals surface area contributed by atoms with Gasteiger partial charge in [-0.1, -0.05) is 81.5 Å². The third-order valence-electron chi connectivity index (χ3n) is 4.94. The number of fused-ring (bicyclic) bond motifs is 1. The summed E-state index contributed by atoms with van der Waals surface area (Å²) in [6.07, 6.45) is 7.81. The monoisotopic (exact) mass is 415 g/mol. The predicted octanol–water partition coefficient (Wildman–Crippen LogP) is 1.92. The number of nitrogens with two attached hydrogens (primary N) is 1. The van der Waals surface area contributed by atoms with E-state index in [9.17, 15) is 0 Å². The number of unbranched alkanes of at least 4 members (excludes halogenated alkanes) is 5. The zero-order valence-electron chi connectivity index (χ0n) is 15.7. The molecule has 0 spiro atoms. The van der Waals surface area contributed by atoms with Crippen molar-refractivity contribution in [1.82, 2.24) is 4.57 Å². The lowest BCUT2D eigenvalue weighted by Crippen LogP contribution is -3.00. The second-order valence-electron chi connectivity index (χ2n) is 6.84. The van der Waals surface area contributed by atoms with E-state index in [1.54, 1.807) is 0 Å². The van der Waals surface area contributed by atoms with Crippen molar-refractivity contribution in [1.29, 1.82) is 0 Å². The first-order valence-electron chi connectivity index (χ1n) is 9.61. The van der Waals surface area contributed by atoms with Gasteiger partial charge in [-0.3, -0.25) is 5.73 Å². The number of aryl methyl sites for hydroxylation is 1. The van der Waals surface area contributed by atoms with Crippen LogP contribution < -0.4 is 27.3 Å². The first-order chi connectivity index (χ1) is 12.3. The molecule has 0 radical (unpaired) electrons. The topological polar surface area (TPSA) is 34.8 Å².